The molecule has 1 aromatic rings. The molecule has 13 heavy (non-hydrogen) atoms. The summed E-state index contributed by atoms with van der Waals surface area (Å²) in [5, 5.41) is 15.9. The number of carboxylic acids is 1. The van der Waals surface area contributed by atoms with E-state index in [1.165, 1.54) is 4.68 Å². The molecule has 1 heterocycles. The third-order valence-electron chi connectivity index (χ3n) is 1.57. The van der Waals surface area contributed by atoms with Crippen molar-refractivity contribution in [3.63, 3.8) is 0 Å². The van der Waals surface area contributed by atoms with Crippen LogP contribution in [0.1, 0.15) is 18.2 Å². The number of hydrogen-bond acceptors (Lipinski definition) is 4. The molecule has 0 aliphatic rings. The zero-order chi connectivity index (χ0) is 10.0. The number of hydrogen-bond donors (Lipinski definition) is 2. The van der Waals surface area contributed by atoms with E-state index in [1.54, 1.807) is 7.05 Å². The van der Waals surface area contributed by atoms with Crippen molar-refractivity contribution in [3.8, 4) is 0 Å². The van der Waals surface area contributed by atoms with Gasteiger partial charge >= 0.3 is 5.97 Å². The van der Waals surface area contributed by atoms with E-state index < -0.39 is 12.0 Å². The number of nitrogens with zero attached hydrogens (tertiary/aromatic N) is 3. The van der Waals surface area contributed by atoms with Gasteiger partial charge in [0.1, 0.15) is 0 Å². The Labute approximate surface area is 82.8 Å². The molecule has 0 bridgehead atoms. The van der Waals surface area contributed by atoms with Crippen LogP contribution in [0.25, 0.3) is 0 Å². The van der Waals surface area contributed by atoms with Crippen LogP contribution in [0.15, 0.2) is 4.60 Å². The second-order valence-corrected chi connectivity index (χ2v) is 3.34. The Morgan fingerprint density at radius 3 is 2.85 bits per heavy atom. The third-order valence-corrected chi connectivity index (χ3v) is 2.14. The van der Waals surface area contributed by atoms with Gasteiger partial charge in [0.25, 0.3) is 0 Å². The van der Waals surface area contributed by atoms with E-state index in [0.717, 1.165) is 0 Å². The first-order valence-corrected chi connectivity index (χ1v) is 4.34. The summed E-state index contributed by atoms with van der Waals surface area (Å²) < 4.78 is 1.95. The number of carbonyl (C=O) groups is 1. The molecule has 0 aromatic carbocycles. The molecule has 0 radical (unpaired) electrons. The van der Waals surface area contributed by atoms with E-state index in [9.17, 15) is 4.79 Å². The van der Waals surface area contributed by atoms with Crippen LogP contribution in [0.2, 0.25) is 0 Å². The minimum absolute atomic E-state index is 0.139. The topological polar surface area (TPSA) is 94.0 Å². The predicted molar refractivity (Wildman–Crippen MR) is 47.9 cm³/mol. The number of rotatable bonds is 3. The van der Waals surface area contributed by atoms with Crippen molar-refractivity contribution in [2.75, 3.05) is 0 Å². The van der Waals surface area contributed by atoms with Crippen LogP contribution in [-0.4, -0.2) is 26.1 Å². The molecular weight excluding hydrogens is 240 g/mol. The summed E-state index contributed by atoms with van der Waals surface area (Å²) in [6.07, 6.45) is -0.139. The summed E-state index contributed by atoms with van der Waals surface area (Å²) in [6.45, 7) is 0. The van der Waals surface area contributed by atoms with Crippen molar-refractivity contribution in [1.82, 2.24) is 15.0 Å². The molecule has 0 aliphatic heterocycles. The number of halogens is 1. The minimum Gasteiger partial charge on any atom is -0.481 e. The van der Waals surface area contributed by atoms with E-state index >= 15 is 0 Å². The molecule has 7 heteroatoms. The fraction of sp³-hybridized carbons (Fsp3) is 0.500. The molecule has 1 unspecified atom stereocenters. The van der Waals surface area contributed by atoms with Crippen LogP contribution >= 0.6 is 15.9 Å². The molecule has 0 saturated heterocycles. The van der Waals surface area contributed by atoms with E-state index in [-0.39, 0.29) is 6.42 Å². The minimum atomic E-state index is -0.944. The highest BCUT2D eigenvalue weighted by atomic mass is 79.9. The number of nitrogens with two attached hydrogens (primary N) is 1. The van der Waals surface area contributed by atoms with Crippen molar-refractivity contribution in [3.05, 3.63) is 10.3 Å². The molecule has 1 atom stereocenters. The van der Waals surface area contributed by atoms with Crippen molar-refractivity contribution in [2.24, 2.45) is 12.8 Å². The van der Waals surface area contributed by atoms with Gasteiger partial charge in [-0.3, -0.25) is 4.79 Å². The van der Waals surface area contributed by atoms with Gasteiger partial charge in [0.15, 0.2) is 4.60 Å². The summed E-state index contributed by atoms with van der Waals surface area (Å²) in [5.41, 5.74) is 6.22. The normalized spacial score (nSPS) is 12.8. The highest BCUT2D eigenvalue weighted by Gasteiger charge is 2.18. The molecule has 0 fully saturated rings. The van der Waals surface area contributed by atoms with Gasteiger partial charge in [0.05, 0.1) is 18.2 Å². The van der Waals surface area contributed by atoms with Crippen molar-refractivity contribution in [2.45, 2.75) is 12.5 Å². The van der Waals surface area contributed by atoms with E-state index in [1.807, 2.05) is 0 Å². The second kappa shape index (κ2) is 3.84. The fourth-order valence-corrected chi connectivity index (χ4v) is 1.64. The molecule has 0 aliphatic carbocycles. The molecule has 1 rings (SSSR count). The number of aryl methyl sites for hydroxylation is 1. The van der Waals surface area contributed by atoms with Gasteiger partial charge in [-0.15, -0.1) is 5.10 Å². The van der Waals surface area contributed by atoms with Crippen molar-refractivity contribution < 1.29 is 9.90 Å². The Kier molecular flexibility index (Phi) is 2.99. The average molecular weight is 249 g/mol. The largest absolute Gasteiger partial charge is 0.481 e. The zero-order valence-electron chi connectivity index (χ0n) is 6.94. The van der Waals surface area contributed by atoms with Crippen molar-refractivity contribution in [1.29, 1.82) is 0 Å². The van der Waals surface area contributed by atoms with Crippen LogP contribution in [0.5, 0.6) is 0 Å². The summed E-state index contributed by atoms with van der Waals surface area (Å²) in [4.78, 5) is 10.4. The summed E-state index contributed by atoms with van der Waals surface area (Å²) in [6, 6.07) is -0.591. The van der Waals surface area contributed by atoms with Crippen LogP contribution in [0.4, 0.5) is 0 Å². The first kappa shape index (κ1) is 10.1. The molecule has 1 aromatic heterocycles. The van der Waals surface area contributed by atoms with Gasteiger partial charge in [-0.2, -0.15) is 0 Å². The maximum absolute atomic E-state index is 10.4. The second-order valence-electron chi connectivity index (χ2n) is 2.59. The Hall–Kier alpha value is -0.950. The predicted octanol–water partition coefficient (Wildman–Crippen LogP) is 0.0521. The molecule has 3 N–H and O–H groups in total. The molecular formula is C6H9BrN4O2. The van der Waals surface area contributed by atoms with Gasteiger partial charge in [0, 0.05) is 7.05 Å². The zero-order valence-corrected chi connectivity index (χ0v) is 8.52. The Morgan fingerprint density at radius 2 is 2.46 bits per heavy atom. The Morgan fingerprint density at radius 1 is 1.85 bits per heavy atom. The lowest BCUT2D eigenvalue weighted by atomic mass is 10.2. The summed E-state index contributed by atoms with van der Waals surface area (Å²) in [7, 11) is 1.66. The third kappa shape index (κ3) is 2.25. The number of aliphatic carboxylic acids is 1. The quantitative estimate of drug-likeness (QED) is 0.789. The van der Waals surface area contributed by atoms with Crippen LogP contribution in [0, 0.1) is 0 Å². The molecule has 0 amide bonds. The SMILES string of the molecule is Cn1nnc(Br)c1C(N)CC(=O)O. The molecule has 6 nitrogen and oxygen atoms in total. The van der Waals surface area contributed by atoms with Crippen LogP contribution in [0.3, 0.4) is 0 Å². The smallest absolute Gasteiger partial charge is 0.305 e. The van der Waals surface area contributed by atoms with Crippen molar-refractivity contribution >= 4 is 21.9 Å². The lowest BCUT2D eigenvalue weighted by Crippen LogP contribution is -2.18. The van der Waals surface area contributed by atoms with Gasteiger partial charge in [0.2, 0.25) is 0 Å². The summed E-state index contributed by atoms with van der Waals surface area (Å²) in [5.74, 6) is -0.944. The van der Waals surface area contributed by atoms with Gasteiger partial charge < -0.3 is 10.8 Å². The van der Waals surface area contributed by atoms with E-state index in [4.69, 9.17) is 10.8 Å². The Bertz CT molecular complexity index is 305. The highest BCUT2D eigenvalue weighted by Crippen LogP contribution is 2.20. The number of carboxylic acid groups (broad SMARTS) is 1. The monoisotopic (exact) mass is 248 g/mol. The van der Waals surface area contributed by atoms with Crippen LogP contribution < -0.4 is 5.73 Å². The number of aromatic nitrogens is 3. The average Bonchev–Trinajstić information content (AvgIpc) is 2.29. The fourth-order valence-electron chi connectivity index (χ4n) is 1.02. The lowest BCUT2D eigenvalue weighted by molar-refractivity contribution is -0.137. The molecule has 0 spiro atoms. The highest BCUT2D eigenvalue weighted by molar-refractivity contribution is 9.10. The van der Waals surface area contributed by atoms with Crippen LogP contribution in [-0.2, 0) is 11.8 Å². The maximum Gasteiger partial charge on any atom is 0.305 e. The first-order chi connectivity index (χ1) is 6.02. The molecule has 0 saturated carbocycles. The van der Waals surface area contributed by atoms with E-state index in [0.29, 0.717) is 10.3 Å². The van der Waals surface area contributed by atoms with E-state index in [2.05, 4.69) is 26.2 Å². The van der Waals surface area contributed by atoms with Gasteiger partial charge in [-0.1, -0.05) is 5.21 Å². The molecule has 72 valence electrons. The van der Waals surface area contributed by atoms with Gasteiger partial charge in [-0.05, 0) is 15.9 Å². The lowest BCUT2D eigenvalue weighted by Gasteiger charge is -2.08. The first-order valence-electron chi connectivity index (χ1n) is 3.54. The Balaban J connectivity index is 2.87. The summed E-state index contributed by atoms with van der Waals surface area (Å²) >= 11 is 3.14. The standard InChI is InChI=1S/C6H9BrN4O2/c1-11-5(6(7)9-10-11)3(8)2-4(12)13/h3H,2,8H2,1H3,(H,12,13). The maximum atomic E-state index is 10.4. The van der Waals surface area contributed by atoms with Gasteiger partial charge in [-0.25, -0.2) is 4.68 Å².